The standard InChI is InChI=1S/C14H22ClN3O/c1-18(2)9-5-8-17-14(19)11-16-10-12-6-3-4-7-13(12)15/h3-4,6-7,16H,5,8-11H2,1-2H3,(H,17,19). The molecule has 0 aromatic heterocycles. The average molecular weight is 284 g/mol. The van der Waals surface area contributed by atoms with E-state index in [0.29, 0.717) is 19.6 Å². The molecule has 0 heterocycles. The summed E-state index contributed by atoms with van der Waals surface area (Å²) in [6.45, 7) is 2.61. The van der Waals surface area contributed by atoms with Gasteiger partial charge in [0.2, 0.25) is 5.91 Å². The smallest absolute Gasteiger partial charge is 0.233 e. The number of nitrogens with one attached hydrogen (secondary N) is 2. The van der Waals surface area contributed by atoms with Crippen LogP contribution in [-0.2, 0) is 11.3 Å². The molecule has 0 aliphatic rings. The third-order valence-electron chi connectivity index (χ3n) is 2.66. The molecule has 19 heavy (non-hydrogen) atoms. The Hall–Kier alpha value is -1.10. The fourth-order valence-corrected chi connectivity index (χ4v) is 1.84. The molecule has 5 heteroatoms. The zero-order valence-corrected chi connectivity index (χ0v) is 12.3. The van der Waals surface area contributed by atoms with Crippen molar-refractivity contribution < 1.29 is 4.79 Å². The van der Waals surface area contributed by atoms with Gasteiger partial charge in [-0.1, -0.05) is 29.8 Å². The van der Waals surface area contributed by atoms with Gasteiger partial charge < -0.3 is 15.5 Å². The van der Waals surface area contributed by atoms with Crippen molar-refractivity contribution in [3.05, 3.63) is 34.9 Å². The molecule has 0 radical (unpaired) electrons. The Kier molecular flexibility index (Phi) is 7.48. The highest BCUT2D eigenvalue weighted by molar-refractivity contribution is 6.31. The largest absolute Gasteiger partial charge is 0.355 e. The molecule has 0 aliphatic carbocycles. The van der Waals surface area contributed by atoms with Crippen molar-refractivity contribution in [2.75, 3.05) is 33.7 Å². The van der Waals surface area contributed by atoms with E-state index in [0.717, 1.165) is 23.6 Å². The molecule has 2 N–H and O–H groups in total. The SMILES string of the molecule is CN(C)CCCNC(=O)CNCc1ccccc1Cl. The van der Waals surface area contributed by atoms with Crippen LogP contribution in [0.1, 0.15) is 12.0 Å². The molecule has 0 unspecified atom stereocenters. The van der Waals surface area contributed by atoms with Gasteiger partial charge in [-0.05, 0) is 38.7 Å². The van der Waals surface area contributed by atoms with Gasteiger partial charge in [-0.15, -0.1) is 0 Å². The molecule has 0 fully saturated rings. The zero-order chi connectivity index (χ0) is 14.1. The molecule has 1 aromatic rings. The van der Waals surface area contributed by atoms with E-state index in [1.165, 1.54) is 0 Å². The van der Waals surface area contributed by atoms with Crippen molar-refractivity contribution in [1.82, 2.24) is 15.5 Å². The minimum Gasteiger partial charge on any atom is -0.355 e. The van der Waals surface area contributed by atoms with Crippen molar-refractivity contribution >= 4 is 17.5 Å². The summed E-state index contributed by atoms with van der Waals surface area (Å²) in [5, 5.41) is 6.69. The third-order valence-corrected chi connectivity index (χ3v) is 3.03. The minimum absolute atomic E-state index is 0.0193. The van der Waals surface area contributed by atoms with Crippen molar-refractivity contribution in [1.29, 1.82) is 0 Å². The van der Waals surface area contributed by atoms with Gasteiger partial charge in [0.15, 0.2) is 0 Å². The summed E-state index contributed by atoms with van der Waals surface area (Å²) in [5.41, 5.74) is 1.00. The highest BCUT2D eigenvalue weighted by Gasteiger charge is 2.02. The first kappa shape index (κ1) is 16.0. The van der Waals surface area contributed by atoms with Crippen molar-refractivity contribution in [2.24, 2.45) is 0 Å². The minimum atomic E-state index is 0.0193. The van der Waals surface area contributed by atoms with E-state index in [9.17, 15) is 4.79 Å². The number of halogens is 1. The number of carbonyl (C=O) groups is 1. The lowest BCUT2D eigenvalue weighted by atomic mass is 10.2. The van der Waals surface area contributed by atoms with Crippen LogP contribution >= 0.6 is 11.6 Å². The van der Waals surface area contributed by atoms with Gasteiger partial charge in [0, 0.05) is 18.1 Å². The second-order valence-corrected chi connectivity index (χ2v) is 5.11. The molecule has 1 aromatic carbocycles. The number of carbonyl (C=O) groups excluding carboxylic acids is 1. The first-order chi connectivity index (χ1) is 9.09. The van der Waals surface area contributed by atoms with E-state index in [1.54, 1.807) is 0 Å². The molecule has 0 atom stereocenters. The van der Waals surface area contributed by atoms with Crippen LogP contribution in [0.3, 0.4) is 0 Å². The Labute approximate surface area is 120 Å². The Morgan fingerprint density at radius 3 is 2.74 bits per heavy atom. The molecule has 0 aliphatic heterocycles. The summed E-state index contributed by atoms with van der Waals surface area (Å²) in [4.78, 5) is 13.6. The number of nitrogens with zero attached hydrogens (tertiary/aromatic N) is 1. The predicted octanol–water partition coefficient (Wildman–Crippen LogP) is 1.50. The van der Waals surface area contributed by atoms with E-state index in [-0.39, 0.29) is 5.91 Å². The Morgan fingerprint density at radius 2 is 2.05 bits per heavy atom. The maximum atomic E-state index is 11.5. The molecular weight excluding hydrogens is 262 g/mol. The van der Waals surface area contributed by atoms with Crippen LogP contribution in [0.2, 0.25) is 5.02 Å². The van der Waals surface area contributed by atoms with Gasteiger partial charge in [0.25, 0.3) is 0 Å². The molecular formula is C14H22ClN3O. The second kappa shape index (κ2) is 8.91. The highest BCUT2D eigenvalue weighted by Crippen LogP contribution is 2.13. The van der Waals surface area contributed by atoms with Crippen LogP contribution in [0.15, 0.2) is 24.3 Å². The lowest BCUT2D eigenvalue weighted by Gasteiger charge is -2.10. The number of rotatable bonds is 8. The normalized spacial score (nSPS) is 10.7. The Bertz CT molecular complexity index is 396. The van der Waals surface area contributed by atoms with Crippen LogP contribution in [-0.4, -0.2) is 44.5 Å². The van der Waals surface area contributed by atoms with E-state index in [1.807, 2.05) is 38.4 Å². The average Bonchev–Trinajstić information content (AvgIpc) is 2.37. The molecule has 1 rings (SSSR count). The molecule has 0 saturated carbocycles. The van der Waals surface area contributed by atoms with E-state index >= 15 is 0 Å². The van der Waals surface area contributed by atoms with E-state index in [4.69, 9.17) is 11.6 Å². The maximum Gasteiger partial charge on any atom is 0.233 e. The molecule has 0 bridgehead atoms. The van der Waals surface area contributed by atoms with E-state index < -0.39 is 0 Å². The number of hydrogen-bond acceptors (Lipinski definition) is 3. The molecule has 0 spiro atoms. The van der Waals surface area contributed by atoms with Crippen LogP contribution in [0.4, 0.5) is 0 Å². The molecule has 0 saturated heterocycles. The van der Waals surface area contributed by atoms with Gasteiger partial charge in [-0.3, -0.25) is 4.79 Å². The predicted molar refractivity (Wildman–Crippen MR) is 79.3 cm³/mol. The Morgan fingerprint density at radius 1 is 1.32 bits per heavy atom. The summed E-state index contributed by atoms with van der Waals surface area (Å²) in [6.07, 6.45) is 0.962. The molecule has 1 amide bonds. The monoisotopic (exact) mass is 283 g/mol. The van der Waals surface area contributed by atoms with Gasteiger partial charge in [-0.25, -0.2) is 0 Å². The summed E-state index contributed by atoms with van der Waals surface area (Å²) < 4.78 is 0. The fraction of sp³-hybridized carbons (Fsp3) is 0.500. The van der Waals surface area contributed by atoms with Crippen molar-refractivity contribution in [2.45, 2.75) is 13.0 Å². The zero-order valence-electron chi connectivity index (χ0n) is 11.6. The first-order valence-electron chi connectivity index (χ1n) is 6.45. The van der Waals surface area contributed by atoms with Crippen molar-refractivity contribution in [3.8, 4) is 0 Å². The van der Waals surface area contributed by atoms with Crippen LogP contribution in [0.5, 0.6) is 0 Å². The van der Waals surface area contributed by atoms with Crippen LogP contribution in [0.25, 0.3) is 0 Å². The fourth-order valence-electron chi connectivity index (χ4n) is 1.64. The van der Waals surface area contributed by atoms with Crippen molar-refractivity contribution in [3.63, 3.8) is 0 Å². The number of benzene rings is 1. The third kappa shape index (κ3) is 7.15. The summed E-state index contributed by atoms with van der Waals surface area (Å²) in [5.74, 6) is 0.0193. The van der Waals surface area contributed by atoms with Gasteiger partial charge >= 0.3 is 0 Å². The number of amides is 1. The Balaban J connectivity index is 2.12. The summed E-state index contributed by atoms with van der Waals surface area (Å²) in [6, 6.07) is 7.62. The summed E-state index contributed by atoms with van der Waals surface area (Å²) >= 11 is 6.03. The lowest BCUT2D eigenvalue weighted by molar-refractivity contribution is -0.120. The second-order valence-electron chi connectivity index (χ2n) is 4.70. The first-order valence-corrected chi connectivity index (χ1v) is 6.83. The number of hydrogen-bond donors (Lipinski definition) is 2. The summed E-state index contributed by atoms with van der Waals surface area (Å²) in [7, 11) is 4.04. The topological polar surface area (TPSA) is 44.4 Å². The quantitative estimate of drug-likeness (QED) is 0.711. The molecule has 4 nitrogen and oxygen atoms in total. The maximum absolute atomic E-state index is 11.5. The van der Waals surface area contributed by atoms with Crippen LogP contribution < -0.4 is 10.6 Å². The van der Waals surface area contributed by atoms with Gasteiger partial charge in [0.05, 0.1) is 6.54 Å². The van der Waals surface area contributed by atoms with Crippen LogP contribution in [0, 0.1) is 0 Å². The van der Waals surface area contributed by atoms with Gasteiger partial charge in [0.1, 0.15) is 0 Å². The lowest BCUT2D eigenvalue weighted by Crippen LogP contribution is -2.35. The highest BCUT2D eigenvalue weighted by atomic mass is 35.5. The van der Waals surface area contributed by atoms with E-state index in [2.05, 4.69) is 15.5 Å². The molecule has 106 valence electrons. The van der Waals surface area contributed by atoms with Gasteiger partial charge in [-0.2, -0.15) is 0 Å².